The molecule has 1 heterocycles. The van der Waals surface area contributed by atoms with E-state index in [1.165, 1.54) is 6.07 Å². The first-order valence-corrected chi connectivity index (χ1v) is 9.47. The molecule has 0 bridgehead atoms. The van der Waals surface area contributed by atoms with Crippen LogP contribution in [-0.2, 0) is 20.9 Å². The lowest BCUT2D eigenvalue weighted by atomic mass is 10.2. The van der Waals surface area contributed by atoms with Crippen LogP contribution in [0.3, 0.4) is 0 Å². The molecule has 0 saturated carbocycles. The molecule has 1 aromatic rings. The number of halogens is 2. The normalized spacial score (nSPS) is 15.9. The average molecular weight is 430 g/mol. The predicted molar refractivity (Wildman–Crippen MR) is 100 cm³/mol. The summed E-state index contributed by atoms with van der Waals surface area (Å²) in [5, 5.41) is 2.58. The van der Waals surface area contributed by atoms with Crippen molar-refractivity contribution >= 4 is 27.8 Å². The Labute approximate surface area is 161 Å². The van der Waals surface area contributed by atoms with Gasteiger partial charge < -0.3 is 10.1 Å². The lowest BCUT2D eigenvalue weighted by Crippen LogP contribution is -2.49. The van der Waals surface area contributed by atoms with Gasteiger partial charge in [-0.05, 0) is 26.0 Å². The first-order valence-electron chi connectivity index (χ1n) is 8.68. The van der Waals surface area contributed by atoms with Crippen molar-refractivity contribution in [3.63, 3.8) is 0 Å². The second kappa shape index (κ2) is 9.99. The van der Waals surface area contributed by atoms with E-state index < -0.39 is 5.97 Å². The van der Waals surface area contributed by atoms with Gasteiger partial charge in [0, 0.05) is 42.8 Å². The van der Waals surface area contributed by atoms with Crippen LogP contribution in [0.5, 0.6) is 0 Å². The SMILES string of the molecule is CC(C)OC(=O)CNC(=O)CN1CCN(Cc2ccc(Br)cc2F)CC1. The first kappa shape index (κ1) is 20.8. The summed E-state index contributed by atoms with van der Waals surface area (Å²) in [5.74, 6) is -0.845. The molecule has 8 heteroatoms. The number of hydrogen-bond acceptors (Lipinski definition) is 5. The summed E-state index contributed by atoms with van der Waals surface area (Å²) in [5.41, 5.74) is 0.669. The Hall–Kier alpha value is -1.51. The van der Waals surface area contributed by atoms with Gasteiger partial charge in [0.25, 0.3) is 0 Å². The van der Waals surface area contributed by atoms with Crippen LogP contribution < -0.4 is 5.32 Å². The van der Waals surface area contributed by atoms with E-state index in [0.29, 0.717) is 12.1 Å². The summed E-state index contributed by atoms with van der Waals surface area (Å²) in [6.45, 7) is 7.19. The van der Waals surface area contributed by atoms with Crippen molar-refractivity contribution in [2.75, 3.05) is 39.3 Å². The molecule has 0 radical (unpaired) electrons. The van der Waals surface area contributed by atoms with Crippen LogP contribution >= 0.6 is 15.9 Å². The highest BCUT2D eigenvalue weighted by atomic mass is 79.9. The molecule has 144 valence electrons. The van der Waals surface area contributed by atoms with Crippen LogP contribution in [0.2, 0.25) is 0 Å². The molecule has 0 aromatic heterocycles. The Morgan fingerprint density at radius 3 is 2.50 bits per heavy atom. The number of amides is 1. The Morgan fingerprint density at radius 1 is 1.23 bits per heavy atom. The Balaban J connectivity index is 1.69. The van der Waals surface area contributed by atoms with Gasteiger partial charge in [-0.25, -0.2) is 4.39 Å². The molecule has 0 unspecified atom stereocenters. The second-order valence-corrected chi connectivity index (χ2v) is 7.52. The maximum atomic E-state index is 13.9. The van der Waals surface area contributed by atoms with Crippen LogP contribution in [0.25, 0.3) is 0 Å². The quantitative estimate of drug-likeness (QED) is 0.669. The van der Waals surface area contributed by atoms with E-state index in [1.807, 2.05) is 11.0 Å². The third kappa shape index (κ3) is 7.01. The fraction of sp³-hybridized carbons (Fsp3) is 0.556. The van der Waals surface area contributed by atoms with E-state index in [0.717, 1.165) is 30.7 Å². The number of piperazine rings is 1. The highest BCUT2D eigenvalue weighted by Gasteiger charge is 2.20. The Bertz CT molecular complexity index is 634. The number of hydrogen-bond donors (Lipinski definition) is 1. The number of rotatable bonds is 7. The van der Waals surface area contributed by atoms with Gasteiger partial charge in [-0.3, -0.25) is 19.4 Å². The van der Waals surface area contributed by atoms with Gasteiger partial charge in [0.05, 0.1) is 12.6 Å². The van der Waals surface area contributed by atoms with Crippen molar-refractivity contribution in [1.82, 2.24) is 15.1 Å². The Morgan fingerprint density at radius 2 is 1.88 bits per heavy atom. The lowest BCUT2D eigenvalue weighted by molar-refractivity contribution is -0.147. The summed E-state index contributed by atoms with van der Waals surface area (Å²) in [4.78, 5) is 27.5. The monoisotopic (exact) mass is 429 g/mol. The highest BCUT2D eigenvalue weighted by molar-refractivity contribution is 9.10. The van der Waals surface area contributed by atoms with E-state index in [1.54, 1.807) is 19.9 Å². The lowest BCUT2D eigenvalue weighted by Gasteiger charge is -2.34. The van der Waals surface area contributed by atoms with Crippen LogP contribution in [0.1, 0.15) is 19.4 Å². The van der Waals surface area contributed by atoms with E-state index in [2.05, 4.69) is 26.1 Å². The molecule has 1 fully saturated rings. The molecule has 0 aliphatic carbocycles. The zero-order valence-electron chi connectivity index (χ0n) is 15.1. The average Bonchev–Trinajstić information content (AvgIpc) is 2.57. The van der Waals surface area contributed by atoms with E-state index in [4.69, 9.17) is 4.74 Å². The zero-order valence-corrected chi connectivity index (χ0v) is 16.7. The molecule has 1 aliphatic rings. The maximum Gasteiger partial charge on any atom is 0.325 e. The summed E-state index contributed by atoms with van der Waals surface area (Å²) in [6, 6.07) is 5.10. The fourth-order valence-electron chi connectivity index (χ4n) is 2.73. The van der Waals surface area contributed by atoms with Crippen molar-refractivity contribution < 1.29 is 18.7 Å². The zero-order chi connectivity index (χ0) is 19.1. The third-order valence-electron chi connectivity index (χ3n) is 4.04. The topological polar surface area (TPSA) is 61.9 Å². The smallest absolute Gasteiger partial charge is 0.325 e. The summed E-state index contributed by atoms with van der Waals surface area (Å²) in [6.07, 6.45) is -0.192. The molecule has 1 aliphatic heterocycles. The highest BCUT2D eigenvalue weighted by Crippen LogP contribution is 2.17. The van der Waals surface area contributed by atoms with Crippen LogP contribution in [0, 0.1) is 5.82 Å². The van der Waals surface area contributed by atoms with Crippen molar-refractivity contribution in [2.45, 2.75) is 26.5 Å². The summed E-state index contributed by atoms with van der Waals surface area (Å²) >= 11 is 3.26. The van der Waals surface area contributed by atoms with Crippen LogP contribution in [0.15, 0.2) is 22.7 Å². The molecular formula is C18H25BrFN3O3. The fourth-order valence-corrected chi connectivity index (χ4v) is 3.06. The van der Waals surface area contributed by atoms with E-state index in [9.17, 15) is 14.0 Å². The standard InChI is InChI=1S/C18H25BrFN3O3/c1-13(2)26-18(25)10-21-17(24)12-23-7-5-22(6-8-23)11-14-3-4-15(19)9-16(14)20/h3-4,9,13H,5-8,10-12H2,1-2H3,(H,21,24). The molecule has 0 spiro atoms. The largest absolute Gasteiger partial charge is 0.462 e. The van der Waals surface area contributed by atoms with Gasteiger partial charge in [-0.2, -0.15) is 0 Å². The van der Waals surface area contributed by atoms with E-state index in [-0.39, 0.29) is 30.9 Å². The van der Waals surface area contributed by atoms with Crippen molar-refractivity contribution in [1.29, 1.82) is 0 Å². The molecule has 26 heavy (non-hydrogen) atoms. The van der Waals surface area contributed by atoms with Crippen LogP contribution in [0.4, 0.5) is 4.39 Å². The van der Waals surface area contributed by atoms with Crippen molar-refractivity contribution in [2.24, 2.45) is 0 Å². The first-order chi connectivity index (χ1) is 12.3. The number of esters is 1. The molecule has 2 rings (SSSR count). The summed E-state index contributed by atoms with van der Waals surface area (Å²) in [7, 11) is 0. The molecule has 6 nitrogen and oxygen atoms in total. The molecule has 0 atom stereocenters. The maximum absolute atomic E-state index is 13.9. The molecule has 1 amide bonds. The van der Waals surface area contributed by atoms with Gasteiger partial charge in [0.2, 0.25) is 5.91 Å². The minimum Gasteiger partial charge on any atom is -0.462 e. The molecule has 1 aromatic carbocycles. The van der Waals surface area contributed by atoms with Gasteiger partial charge >= 0.3 is 5.97 Å². The molecule has 1 N–H and O–H groups in total. The predicted octanol–water partition coefficient (Wildman–Crippen LogP) is 1.77. The van der Waals surface area contributed by atoms with Crippen molar-refractivity contribution in [3.05, 3.63) is 34.1 Å². The minimum absolute atomic E-state index is 0.111. The molecule has 1 saturated heterocycles. The van der Waals surface area contributed by atoms with Gasteiger partial charge in [0.15, 0.2) is 0 Å². The minimum atomic E-state index is -0.435. The third-order valence-corrected chi connectivity index (χ3v) is 4.53. The number of nitrogens with zero attached hydrogens (tertiary/aromatic N) is 2. The van der Waals surface area contributed by atoms with E-state index >= 15 is 0 Å². The number of carbonyl (C=O) groups is 2. The van der Waals surface area contributed by atoms with Gasteiger partial charge in [-0.1, -0.05) is 22.0 Å². The summed E-state index contributed by atoms with van der Waals surface area (Å²) < 4.78 is 19.6. The van der Waals surface area contributed by atoms with Gasteiger partial charge in [0.1, 0.15) is 12.4 Å². The van der Waals surface area contributed by atoms with Crippen LogP contribution in [-0.4, -0.2) is 67.0 Å². The number of nitrogens with one attached hydrogen (secondary N) is 1. The Kier molecular flexibility index (Phi) is 7.99. The van der Waals surface area contributed by atoms with Crippen molar-refractivity contribution in [3.8, 4) is 0 Å². The number of benzene rings is 1. The number of carbonyl (C=O) groups excluding carboxylic acids is 2. The second-order valence-electron chi connectivity index (χ2n) is 6.60. The molecular weight excluding hydrogens is 405 g/mol. The van der Waals surface area contributed by atoms with Gasteiger partial charge in [-0.15, -0.1) is 0 Å². The number of ether oxygens (including phenoxy) is 1.